The van der Waals surface area contributed by atoms with Crippen LogP contribution in [0.2, 0.25) is 10.0 Å². The Morgan fingerprint density at radius 1 is 1.28 bits per heavy atom. The Bertz CT molecular complexity index is 371. The van der Waals surface area contributed by atoms with Gasteiger partial charge in [-0.2, -0.15) is 0 Å². The van der Waals surface area contributed by atoms with Crippen molar-refractivity contribution in [1.29, 1.82) is 0 Å². The summed E-state index contributed by atoms with van der Waals surface area (Å²) in [6.45, 7) is 7.70. The summed E-state index contributed by atoms with van der Waals surface area (Å²) < 4.78 is 0. The number of thioether (sulfide) groups is 1. The van der Waals surface area contributed by atoms with Gasteiger partial charge in [-0.15, -0.1) is 11.8 Å². The quantitative estimate of drug-likeness (QED) is 0.690. The van der Waals surface area contributed by atoms with E-state index in [1.807, 2.05) is 18.2 Å². The Balaban J connectivity index is 2.66. The first-order valence-corrected chi connectivity index (χ1v) is 8.07. The van der Waals surface area contributed by atoms with Gasteiger partial charge < -0.3 is 5.32 Å². The lowest BCUT2D eigenvalue weighted by Gasteiger charge is -2.24. The van der Waals surface area contributed by atoms with Gasteiger partial charge in [0.05, 0.1) is 5.02 Å². The second kappa shape index (κ2) is 8.31. The van der Waals surface area contributed by atoms with Gasteiger partial charge in [-0.3, -0.25) is 0 Å². The lowest BCUT2D eigenvalue weighted by Crippen LogP contribution is -2.36. The Kier molecular flexibility index (Phi) is 7.47. The third-order valence-corrected chi connectivity index (χ3v) is 4.84. The van der Waals surface area contributed by atoms with Crippen LogP contribution in [0.1, 0.15) is 33.6 Å². The summed E-state index contributed by atoms with van der Waals surface area (Å²) in [6, 6.07) is 6.13. The first-order valence-electron chi connectivity index (χ1n) is 6.43. The first-order chi connectivity index (χ1) is 8.58. The van der Waals surface area contributed by atoms with Crippen LogP contribution in [0.5, 0.6) is 0 Å². The van der Waals surface area contributed by atoms with Crippen molar-refractivity contribution in [1.82, 2.24) is 5.32 Å². The Hall–Kier alpha value is 0.110. The van der Waals surface area contributed by atoms with E-state index < -0.39 is 0 Å². The molecule has 0 aromatic heterocycles. The van der Waals surface area contributed by atoms with Crippen LogP contribution in [0.4, 0.5) is 0 Å². The van der Waals surface area contributed by atoms with E-state index in [1.165, 1.54) is 0 Å². The maximum absolute atomic E-state index is 6.19. The largest absolute Gasteiger partial charge is 0.313 e. The van der Waals surface area contributed by atoms with E-state index in [9.17, 15) is 0 Å². The molecule has 1 rings (SSSR count). The molecule has 0 aliphatic carbocycles. The minimum absolute atomic E-state index is 0.470. The highest BCUT2D eigenvalue weighted by Crippen LogP contribution is 2.34. The van der Waals surface area contributed by atoms with Gasteiger partial charge >= 0.3 is 0 Å². The summed E-state index contributed by atoms with van der Waals surface area (Å²) in [4.78, 5) is 1.06. The third kappa shape index (κ3) is 5.00. The standard InChI is InChI=1S/C14H21Cl2NS/c1-4-8-17-13(5-2)10(3)18-14-9-11(15)6-7-12(14)16/h6-7,9-10,13,17H,4-5,8H2,1-3H3. The molecule has 0 fully saturated rings. The third-order valence-electron chi connectivity index (χ3n) is 2.87. The summed E-state index contributed by atoms with van der Waals surface area (Å²) >= 11 is 14.0. The van der Waals surface area contributed by atoms with Crippen LogP contribution in [-0.4, -0.2) is 17.8 Å². The van der Waals surface area contributed by atoms with E-state index >= 15 is 0 Å². The van der Waals surface area contributed by atoms with Crippen LogP contribution >= 0.6 is 35.0 Å². The van der Waals surface area contributed by atoms with Crippen molar-refractivity contribution in [2.45, 2.75) is 49.8 Å². The van der Waals surface area contributed by atoms with Crippen LogP contribution in [0.15, 0.2) is 23.1 Å². The molecule has 102 valence electrons. The minimum atomic E-state index is 0.470. The van der Waals surface area contributed by atoms with Gasteiger partial charge in [-0.05, 0) is 37.6 Å². The van der Waals surface area contributed by atoms with Crippen molar-refractivity contribution in [2.75, 3.05) is 6.54 Å². The monoisotopic (exact) mass is 305 g/mol. The SMILES string of the molecule is CCCNC(CC)C(C)Sc1cc(Cl)ccc1Cl. The molecule has 0 saturated heterocycles. The highest BCUT2D eigenvalue weighted by Gasteiger charge is 2.17. The Morgan fingerprint density at radius 3 is 2.61 bits per heavy atom. The lowest BCUT2D eigenvalue weighted by atomic mass is 10.1. The molecule has 18 heavy (non-hydrogen) atoms. The zero-order valence-corrected chi connectivity index (χ0v) is 13.5. The topological polar surface area (TPSA) is 12.0 Å². The van der Waals surface area contributed by atoms with Crippen molar-refractivity contribution >= 4 is 35.0 Å². The second-order valence-corrected chi connectivity index (χ2v) is 6.63. The van der Waals surface area contributed by atoms with Crippen molar-refractivity contribution in [2.24, 2.45) is 0 Å². The number of nitrogens with one attached hydrogen (secondary N) is 1. The van der Waals surface area contributed by atoms with E-state index in [-0.39, 0.29) is 0 Å². The molecule has 0 aliphatic rings. The fourth-order valence-corrected chi connectivity index (χ4v) is 3.54. The predicted molar refractivity (Wildman–Crippen MR) is 84.2 cm³/mol. The number of hydrogen-bond acceptors (Lipinski definition) is 2. The van der Waals surface area contributed by atoms with Crippen LogP contribution < -0.4 is 5.32 Å². The van der Waals surface area contributed by atoms with E-state index in [0.29, 0.717) is 11.3 Å². The minimum Gasteiger partial charge on any atom is -0.313 e. The van der Waals surface area contributed by atoms with Crippen molar-refractivity contribution in [3.05, 3.63) is 28.2 Å². The first kappa shape index (κ1) is 16.2. The molecular formula is C14H21Cl2NS. The van der Waals surface area contributed by atoms with Crippen molar-refractivity contribution in [3.63, 3.8) is 0 Å². The van der Waals surface area contributed by atoms with Gasteiger partial charge in [0.2, 0.25) is 0 Å². The van der Waals surface area contributed by atoms with Gasteiger partial charge in [0.15, 0.2) is 0 Å². The van der Waals surface area contributed by atoms with Crippen molar-refractivity contribution in [3.8, 4) is 0 Å². The van der Waals surface area contributed by atoms with E-state index in [1.54, 1.807) is 11.8 Å². The van der Waals surface area contributed by atoms with Crippen LogP contribution in [-0.2, 0) is 0 Å². The predicted octanol–water partition coefficient (Wildman–Crippen LogP) is 5.25. The maximum Gasteiger partial charge on any atom is 0.0543 e. The summed E-state index contributed by atoms with van der Waals surface area (Å²) in [6.07, 6.45) is 2.28. The molecule has 2 unspecified atom stereocenters. The Morgan fingerprint density at radius 2 is 2.00 bits per heavy atom. The molecule has 0 amide bonds. The average Bonchev–Trinajstić information content (AvgIpc) is 2.35. The molecule has 2 atom stereocenters. The normalized spacial score (nSPS) is 14.5. The van der Waals surface area contributed by atoms with Crippen LogP contribution in [0.3, 0.4) is 0 Å². The highest BCUT2D eigenvalue weighted by atomic mass is 35.5. The van der Waals surface area contributed by atoms with E-state index in [0.717, 1.165) is 34.3 Å². The number of hydrogen-bond donors (Lipinski definition) is 1. The number of halogens is 2. The van der Waals surface area contributed by atoms with Crippen molar-refractivity contribution < 1.29 is 0 Å². The zero-order valence-electron chi connectivity index (χ0n) is 11.2. The van der Waals surface area contributed by atoms with Crippen LogP contribution in [0.25, 0.3) is 0 Å². The zero-order chi connectivity index (χ0) is 13.5. The highest BCUT2D eigenvalue weighted by molar-refractivity contribution is 8.00. The summed E-state index contributed by atoms with van der Waals surface area (Å²) in [5.74, 6) is 0. The van der Waals surface area contributed by atoms with Gasteiger partial charge in [-0.1, -0.05) is 44.0 Å². The molecule has 1 aromatic rings. The van der Waals surface area contributed by atoms with Gasteiger partial charge in [0.25, 0.3) is 0 Å². The molecule has 4 heteroatoms. The lowest BCUT2D eigenvalue weighted by molar-refractivity contribution is 0.494. The molecule has 0 radical (unpaired) electrons. The molecule has 0 heterocycles. The van der Waals surface area contributed by atoms with E-state index in [4.69, 9.17) is 23.2 Å². The summed E-state index contributed by atoms with van der Waals surface area (Å²) in [5, 5.41) is 5.56. The molecule has 1 aromatic carbocycles. The molecule has 0 aliphatic heterocycles. The molecule has 0 spiro atoms. The van der Waals surface area contributed by atoms with Gasteiger partial charge in [-0.25, -0.2) is 0 Å². The molecule has 0 saturated carbocycles. The molecular weight excluding hydrogens is 285 g/mol. The summed E-state index contributed by atoms with van der Waals surface area (Å²) in [5.41, 5.74) is 0. The maximum atomic E-state index is 6.19. The fourth-order valence-electron chi connectivity index (χ4n) is 1.82. The smallest absolute Gasteiger partial charge is 0.0543 e. The second-order valence-electron chi connectivity index (χ2n) is 4.37. The molecule has 0 bridgehead atoms. The Labute approximate surface area is 125 Å². The molecule has 1 N–H and O–H groups in total. The average molecular weight is 306 g/mol. The van der Waals surface area contributed by atoms with Crippen LogP contribution in [0, 0.1) is 0 Å². The summed E-state index contributed by atoms with van der Waals surface area (Å²) in [7, 11) is 0. The fraction of sp³-hybridized carbons (Fsp3) is 0.571. The number of rotatable bonds is 7. The number of benzene rings is 1. The van der Waals surface area contributed by atoms with Gasteiger partial charge in [0.1, 0.15) is 0 Å². The molecule has 1 nitrogen and oxygen atoms in total. The van der Waals surface area contributed by atoms with E-state index in [2.05, 4.69) is 26.1 Å². The van der Waals surface area contributed by atoms with Gasteiger partial charge in [0, 0.05) is 21.2 Å².